The molecule has 0 aliphatic rings. The van der Waals surface area contributed by atoms with Gasteiger partial charge >= 0.3 is 12.2 Å². The maximum absolute atomic E-state index is 12.7. The first-order valence-electron chi connectivity index (χ1n) is 7.74. The molecule has 0 bridgehead atoms. The number of benzene rings is 1. The molecule has 0 radical (unpaired) electrons. The largest absolute Gasteiger partial charge is 0.416 e. The van der Waals surface area contributed by atoms with Gasteiger partial charge in [0.25, 0.3) is 0 Å². The highest BCUT2D eigenvalue weighted by atomic mass is 32.2. The summed E-state index contributed by atoms with van der Waals surface area (Å²) in [6.07, 6.45) is -4.05. The molecule has 25 heavy (non-hydrogen) atoms. The molecule has 1 atom stereocenters. The minimum absolute atomic E-state index is 0.0184. The molecule has 0 aromatic heterocycles. The molecule has 0 saturated carbocycles. The van der Waals surface area contributed by atoms with E-state index in [2.05, 4.69) is 15.4 Å². The summed E-state index contributed by atoms with van der Waals surface area (Å²) >= 11 is 0. The summed E-state index contributed by atoms with van der Waals surface area (Å²) in [6, 6.07) is 3.59. The van der Waals surface area contributed by atoms with Gasteiger partial charge in [0, 0.05) is 13.1 Å². The van der Waals surface area contributed by atoms with Gasteiger partial charge in [0.15, 0.2) is 0 Å². The van der Waals surface area contributed by atoms with Gasteiger partial charge in [-0.25, -0.2) is 17.9 Å². The molecule has 0 spiro atoms. The minimum Gasteiger partial charge on any atom is -0.338 e. The molecular weight excluding hydrogens is 359 g/mol. The zero-order chi connectivity index (χ0) is 19.1. The maximum atomic E-state index is 12.7. The van der Waals surface area contributed by atoms with Crippen molar-refractivity contribution in [2.75, 3.05) is 18.8 Å². The third-order valence-corrected chi connectivity index (χ3v) is 4.81. The van der Waals surface area contributed by atoms with E-state index in [1.54, 1.807) is 6.92 Å². The topological polar surface area (TPSA) is 87.3 Å². The van der Waals surface area contributed by atoms with Crippen LogP contribution in [-0.4, -0.2) is 33.3 Å². The van der Waals surface area contributed by atoms with Crippen LogP contribution in [0.15, 0.2) is 24.3 Å². The van der Waals surface area contributed by atoms with Crippen LogP contribution in [0.4, 0.5) is 18.0 Å². The van der Waals surface area contributed by atoms with E-state index in [0.29, 0.717) is 12.0 Å². The van der Waals surface area contributed by atoms with Gasteiger partial charge in [-0.1, -0.05) is 12.1 Å². The highest BCUT2D eigenvalue weighted by Crippen LogP contribution is 2.30. The zero-order valence-electron chi connectivity index (χ0n) is 14.0. The fourth-order valence-electron chi connectivity index (χ4n) is 1.94. The number of rotatable bonds is 8. The van der Waals surface area contributed by atoms with Crippen molar-refractivity contribution in [1.29, 1.82) is 0 Å². The fraction of sp³-hybridized carbons (Fsp3) is 0.533. The molecule has 142 valence electrons. The Kier molecular flexibility index (Phi) is 7.68. The van der Waals surface area contributed by atoms with Crippen LogP contribution in [0, 0.1) is 0 Å². The number of carbonyl (C=O) groups is 1. The number of amides is 2. The molecule has 0 heterocycles. The van der Waals surface area contributed by atoms with Crippen molar-refractivity contribution in [2.24, 2.45) is 0 Å². The van der Waals surface area contributed by atoms with E-state index in [-0.39, 0.29) is 18.8 Å². The summed E-state index contributed by atoms with van der Waals surface area (Å²) in [7, 11) is -3.26. The standard InChI is InChI=1S/C15H22F3N3O3S/c1-3-25(23,24)20-9-5-8-19-14(22)21-11(2)12-6-4-7-13(10-12)15(16,17)18/h4,6-7,10-11,20H,3,5,8-9H2,1-2H3,(H2,19,21,22)/t11-/m0/s1. The number of hydrogen-bond donors (Lipinski definition) is 3. The number of hydrogen-bond acceptors (Lipinski definition) is 3. The quantitative estimate of drug-likeness (QED) is 0.604. The normalized spacial score (nSPS) is 13.3. The van der Waals surface area contributed by atoms with Gasteiger partial charge in [0.2, 0.25) is 10.0 Å². The zero-order valence-corrected chi connectivity index (χ0v) is 14.8. The molecule has 6 nitrogen and oxygen atoms in total. The SMILES string of the molecule is CCS(=O)(=O)NCCCNC(=O)N[C@@H](C)c1cccc(C(F)(F)F)c1. The average molecular weight is 381 g/mol. The van der Waals surface area contributed by atoms with Gasteiger partial charge in [-0.2, -0.15) is 13.2 Å². The third kappa shape index (κ3) is 7.74. The average Bonchev–Trinajstić information content (AvgIpc) is 2.53. The van der Waals surface area contributed by atoms with Gasteiger partial charge in [-0.05, 0) is 38.0 Å². The van der Waals surface area contributed by atoms with Gasteiger partial charge < -0.3 is 10.6 Å². The molecule has 2 amide bonds. The molecule has 0 aliphatic carbocycles. The van der Waals surface area contributed by atoms with Crippen LogP contribution in [0.5, 0.6) is 0 Å². The first-order chi connectivity index (χ1) is 11.5. The van der Waals surface area contributed by atoms with E-state index in [1.807, 2.05) is 0 Å². The molecule has 0 aliphatic heterocycles. The lowest BCUT2D eigenvalue weighted by Crippen LogP contribution is -2.38. The van der Waals surface area contributed by atoms with Crippen molar-refractivity contribution < 1.29 is 26.4 Å². The van der Waals surface area contributed by atoms with Crippen LogP contribution in [0.2, 0.25) is 0 Å². The Hall–Kier alpha value is -1.81. The maximum Gasteiger partial charge on any atom is 0.416 e. The number of nitrogens with one attached hydrogen (secondary N) is 3. The second-order valence-electron chi connectivity index (χ2n) is 5.40. The van der Waals surface area contributed by atoms with Crippen molar-refractivity contribution in [1.82, 2.24) is 15.4 Å². The molecule has 1 rings (SSSR count). The van der Waals surface area contributed by atoms with E-state index in [9.17, 15) is 26.4 Å². The molecule has 1 aromatic rings. The van der Waals surface area contributed by atoms with Crippen molar-refractivity contribution in [3.63, 3.8) is 0 Å². The number of carbonyl (C=O) groups excluding carboxylic acids is 1. The first kappa shape index (κ1) is 21.2. The molecule has 0 unspecified atom stereocenters. The van der Waals surface area contributed by atoms with Gasteiger partial charge in [-0.15, -0.1) is 0 Å². The van der Waals surface area contributed by atoms with Crippen LogP contribution in [0.25, 0.3) is 0 Å². The van der Waals surface area contributed by atoms with Crippen LogP contribution in [-0.2, 0) is 16.2 Å². The van der Waals surface area contributed by atoms with Crippen LogP contribution >= 0.6 is 0 Å². The highest BCUT2D eigenvalue weighted by molar-refractivity contribution is 7.89. The summed E-state index contributed by atoms with van der Waals surface area (Å²) in [5, 5.41) is 5.06. The Bertz CT molecular complexity index is 678. The Labute approximate surface area is 145 Å². The summed E-state index contributed by atoms with van der Waals surface area (Å²) < 4.78 is 62.9. The third-order valence-electron chi connectivity index (χ3n) is 3.40. The molecule has 0 fully saturated rings. The van der Waals surface area contributed by atoms with Crippen LogP contribution < -0.4 is 15.4 Å². The minimum atomic E-state index is -4.44. The monoisotopic (exact) mass is 381 g/mol. The van der Waals surface area contributed by atoms with E-state index in [1.165, 1.54) is 19.1 Å². The van der Waals surface area contributed by atoms with Crippen LogP contribution in [0.1, 0.15) is 37.4 Å². The van der Waals surface area contributed by atoms with E-state index in [0.717, 1.165) is 12.1 Å². The second-order valence-corrected chi connectivity index (χ2v) is 7.49. The lowest BCUT2D eigenvalue weighted by atomic mass is 10.1. The number of alkyl halides is 3. The predicted octanol–water partition coefficient (Wildman–Crippen LogP) is 2.40. The van der Waals surface area contributed by atoms with Crippen LogP contribution in [0.3, 0.4) is 0 Å². The van der Waals surface area contributed by atoms with E-state index in [4.69, 9.17) is 0 Å². The number of halogens is 3. The second kappa shape index (κ2) is 9.04. The molecule has 3 N–H and O–H groups in total. The Morgan fingerprint density at radius 1 is 1.24 bits per heavy atom. The fourth-order valence-corrected chi connectivity index (χ4v) is 2.59. The van der Waals surface area contributed by atoms with Gasteiger partial charge in [0.1, 0.15) is 0 Å². The Morgan fingerprint density at radius 3 is 2.52 bits per heavy atom. The summed E-state index contributed by atoms with van der Waals surface area (Å²) in [5.74, 6) is -0.0184. The molecule has 10 heteroatoms. The Balaban J connectivity index is 2.42. The summed E-state index contributed by atoms with van der Waals surface area (Å²) in [4.78, 5) is 11.7. The van der Waals surface area contributed by atoms with E-state index < -0.39 is 33.8 Å². The van der Waals surface area contributed by atoms with Crippen molar-refractivity contribution in [3.05, 3.63) is 35.4 Å². The van der Waals surface area contributed by atoms with Gasteiger partial charge in [-0.3, -0.25) is 0 Å². The molecule has 0 saturated heterocycles. The lowest BCUT2D eigenvalue weighted by Gasteiger charge is -2.16. The lowest BCUT2D eigenvalue weighted by molar-refractivity contribution is -0.137. The summed E-state index contributed by atoms with van der Waals surface area (Å²) in [5.41, 5.74) is -0.442. The van der Waals surface area contributed by atoms with Gasteiger partial charge in [0.05, 0.1) is 17.4 Å². The number of sulfonamides is 1. The van der Waals surface area contributed by atoms with Crippen molar-refractivity contribution in [3.8, 4) is 0 Å². The summed E-state index contributed by atoms with van der Waals surface area (Å²) in [6.45, 7) is 3.51. The predicted molar refractivity (Wildman–Crippen MR) is 88.5 cm³/mol. The molecular formula is C15H22F3N3O3S. The first-order valence-corrected chi connectivity index (χ1v) is 9.39. The number of urea groups is 1. The van der Waals surface area contributed by atoms with Crippen molar-refractivity contribution in [2.45, 2.75) is 32.5 Å². The van der Waals surface area contributed by atoms with E-state index >= 15 is 0 Å². The Morgan fingerprint density at radius 2 is 1.92 bits per heavy atom. The smallest absolute Gasteiger partial charge is 0.338 e. The van der Waals surface area contributed by atoms with Crippen molar-refractivity contribution >= 4 is 16.1 Å². The molecule has 1 aromatic carbocycles. The highest BCUT2D eigenvalue weighted by Gasteiger charge is 2.30.